The molecule has 23 heavy (non-hydrogen) atoms. The molecule has 1 aliphatic rings. The maximum absolute atomic E-state index is 12.3. The molecule has 2 aromatic rings. The number of amides is 1. The van der Waals surface area contributed by atoms with Gasteiger partial charge in [-0.05, 0) is 36.3 Å². The van der Waals surface area contributed by atoms with E-state index in [1.54, 1.807) is 6.07 Å². The molecule has 3 rings (SSSR count). The predicted molar refractivity (Wildman–Crippen MR) is 90.4 cm³/mol. The number of pyridine rings is 1. The van der Waals surface area contributed by atoms with Crippen LogP contribution in [-0.4, -0.2) is 17.4 Å². The van der Waals surface area contributed by atoms with Crippen molar-refractivity contribution in [3.05, 3.63) is 70.1 Å². The smallest absolute Gasteiger partial charge is 0.251 e. The van der Waals surface area contributed by atoms with Gasteiger partial charge in [-0.15, -0.1) is 0 Å². The summed E-state index contributed by atoms with van der Waals surface area (Å²) in [5, 5.41) is 3.04. The fourth-order valence-electron chi connectivity index (χ4n) is 3.53. The maximum Gasteiger partial charge on any atom is 0.251 e. The van der Waals surface area contributed by atoms with Crippen molar-refractivity contribution >= 4 is 5.91 Å². The van der Waals surface area contributed by atoms with Gasteiger partial charge >= 0.3 is 0 Å². The van der Waals surface area contributed by atoms with Crippen LogP contribution in [0.3, 0.4) is 0 Å². The second kappa shape index (κ2) is 6.82. The summed E-state index contributed by atoms with van der Waals surface area (Å²) in [5.41, 5.74) is 1.62. The summed E-state index contributed by atoms with van der Waals surface area (Å²) >= 11 is 0. The van der Waals surface area contributed by atoms with Crippen LogP contribution in [0.4, 0.5) is 0 Å². The fourth-order valence-corrected chi connectivity index (χ4v) is 3.53. The van der Waals surface area contributed by atoms with Crippen LogP contribution in [0.2, 0.25) is 0 Å². The zero-order chi connectivity index (χ0) is 16.1. The summed E-state index contributed by atoms with van der Waals surface area (Å²) in [6.07, 6.45) is 7.20. The molecule has 120 valence electrons. The first-order valence-corrected chi connectivity index (χ1v) is 8.18. The lowest BCUT2D eigenvalue weighted by Crippen LogP contribution is -2.37. The number of hydrogen-bond donors (Lipinski definition) is 2. The molecule has 1 saturated carbocycles. The first-order chi connectivity index (χ1) is 11.2. The van der Waals surface area contributed by atoms with E-state index in [9.17, 15) is 9.59 Å². The van der Waals surface area contributed by atoms with E-state index in [1.807, 2.05) is 6.07 Å². The Hall–Kier alpha value is -2.36. The number of H-pyrrole nitrogens is 1. The van der Waals surface area contributed by atoms with Gasteiger partial charge in [0.25, 0.3) is 5.91 Å². The number of hydrogen-bond acceptors (Lipinski definition) is 2. The van der Waals surface area contributed by atoms with Crippen molar-refractivity contribution in [2.45, 2.75) is 32.1 Å². The van der Waals surface area contributed by atoms with Crippen LogP contribution < -0.4 is 10.9 Å². The number of carbonyl (C=O) groups excluding carboxylic acids is 1. The molecular formula is C19H22N2O2. The van der Waals surface area contributed by atoms with E-state index < -0.39 is 0 Å². The zero-order valence-electron chi connectivity index (χ0n) is 13.2. The van der Waals surface area contributed by atoms with Crippen LogP contribution in [-0.2, 0) is 6.42 Å². The standard InChI is InChI=1S/C19H22N2O2/c22-17-12-16(8-11-20-17)18(23)21-14-19(9-4-5-10-19)13-15-6-2-1-3-7-15/h1-3,6-8,11-12H,4-5,9-10,13-14H2,(H,20,22)(H,21,23). The monoisotopic (exact) mass is 310 g/mol. The Morgan fingerprint density at radius 2 is 1.87 bits per heavy atom. The van der Waals surface area contributed by atoms with Gasteiger partial charge in [0.1, 0.15) is 0 Å². The largest absolute Gasteiger partial charge is 0.351 e. The minimum absolute atomic E-state index is 0.137. The Bertz CT molecular complexity index is 715. The topological polar surface area (TPSA) is 62.0 Å². The Balaban J connectivity index is 1.68. The van der Waals surface area contributed by atoms with Crippen LogP contribution in [0.15, 0.2) is 53.5 Å². The average Bonchev–Trinajstić information content (AvgIpc) is 3.02. The number of benzene rings is 1. The Labute approximate surface area is 135 Å². The van der Waals surface area contributed by atoms with Crippen molar-refractivity contribution in [3.63, 3.8) is 0 Å². The van der Waals surface area contributed by atoms with E-state index in [1.165, 1.54) is 30.7 Å². The molecule has 1 fully saturated rings. The van der Waals surface area contributed by atoms with Gasteiger partial charge in [0.2, 0.25) is 5.56 Å². The Kier molecular flexibility index (Phi) is 4.60. The van der Waals surface area contributed by atoms with Gasteiger partial charge in [-0.2, -0.15) is 0 Å². The number of rotatable bonds is 5. The third kappa shape index (κ3) is 3.89. The second-order valence-corrected chi connectivity index (χ2v) is 6.49. The molecule has 4 heteroatoms. The third-order valence-electron chi connectivity index (χ3n) is 4.75. The molecule has 0 atom stereocenters. The lowest BCUT2D eigenvalue weighted by Gasteiger charge is -2.29. The number of carbonyl (C=O) groups is 1. The lowest BCUT2D eigenvalue weighted by atomic mass is 9.80. The second-order valence-electron chi connectivity index (χ2n) is 6.49. The van der Waals surface area contributed by atoms with Gasteiger partial charge in [-0.25, -0.2) is 0 Å². The van der Waals surface area contributed by atoms with Gasteiger partial charge in [0, 0.05) is 24.4 Å². The Morgan fingerprint density at radius 3 is 2.57 bits per heavy atom. The van der Waals surface area contributed by atoms with E-state index in [4.69, 9.17) is 0 Å². The quantitative estimate of drug-likeness (QED) is 0.892. The van der Waals surface area contributed by atoms with Crippen LogP contribution in [0.5, 0.6) is 0 Å². The van der Waals surface area contributed by atoms with Crippen LogP contribution in [0, 0.1) is 5.41 Å². The van der Waals surface area contributed by atoms with Crippen molar-refractivity contribution in [3.8, 4) is 0 Å². The molecule has 1 heterocycles. The highest BCUT2D eigenvalue weighted by Crippen LogP contribution is 2.40. The highest BCUT2D eigenvalue weighted by molar-refractivity contribution is 5.93. The van der Waals surface area contributed by atoms with Crippen LogP contribution >= 0.6 is 0 Å². The van der Waals surface area contributed by atoms with Gasteiger partial charge in [-0.1, -0.05) is 43.2 Å². The molecule has 0 spiro atoms. The van der Waals surface area contributed by atoms with Gasteiger partial charge in [-0.3, -0.25) is 9.59 Å². The molecule has 0 bridgehead atoms. The van der Waals surface area contributed by atoms with E-state index >= 15 is 0 Å². The predicted octanol–water partition coefficient (Wildman–Crippen LogP) is 2.91. The maximum atomic E-state index is 12.3. The molecular weight excluding hydrogens is 288 g/mol. The number of nitrogens with one attached hydrogen (secondary N) is 2. The Morgan fingerprint density at radius 1 is 1.13 bits per heavy atom. The zero-order valence-corrected chi connectivity index (χ0v) is 13.2. The van der Waals surface area contributed by atoms with Gasteiger partial charge < -0.3 is 10.3 Å². The van der Waals surface area contributed by atoms with Crippen molar-refractivity contribution in [2.75, 3.05) is 6.54 Å². The normalized spacial score (nSPS) is 16.2. The summed E-state index contributed by atoms with van der Waals surface area (Å²) in [6, 6.07) is 13.4. The molecule has 1 amide bonds. The summed E-state index contributed by atoms with van der Waals surface area (Å²) in [5.74, 6) is -0.171. The van der Waals surface area contributed by atoms with Crippen LogP contribution in [0.25, 0.3) is 0 Å². The first kappa shape index (κ1) is 15.5. The van der Waals surface area contributed by atoms with E-state index in [2.05, 4.69) is 34.6 Å². The van der Waals surface area contributed by atoms with Crippen molar-refractivity contribution in [1.29, 1.82) is 0 Å². The highest BCUT2D eigenvalue weighted by Gasteiger charge is 2.34. The molecule has 1 aromatic heterocycles. The highest BCUT2D eigenvalue weighted by atomic mass is 16.2. The third-order valence-corrected chi connectivity index (χ3v) is 4.75. The first-order valence-electron chi connectivity index (χ1n) is 8.18. The molecule has 0 radical (unpaired) electrons. The average molecular weight is 310 g/mol. The molecule has 2 N–H and O–H groups in total. The molecule has 0 saturated heterocycles. The summed E-state index contributed by atoms with van der Waals surface area (Å²) in [7, 11) is 0. The SMILES string of the molecule is O=C(NCC1(Cc2ccccc2)CCCC1)c1cc[nH]c(=O)c1. The molecule has 0 aliphatic heterocycles. The van der Waals surface area contributed by atoms with Crippen LogP contribution in [0.1, 0.15) is 41.6 Å². The van der Waals surface area contributed by atoms with Crippen molar-refractivity contribution in [1.82, 2.24) is 10.3 Å². The van der Waals surface area contributed by atoms with Gasteiger partial charge in [0.15, 0.2) is 0 Å². The summed E-state index contributed by atoms with van der Waals surface area (Å²) in [6.45, 7) is 0.660. The molecule has 1 aromatic carbocycles. The minimum Gasteiger partial charge on any atom is -0.351 e. The molecule has 4 nitrogen and oxygen atoms in total. The minimum atomic E-state index is -0.252. The fraction of sp³-hybridized carbons (Fsp3) is 0.368. The van der Waals surface area contributed by atoms with E-state index in [-0.39, 0.29) is 16.9 Å². The van der Waals surface area contributed by atoms with E-state index in [0.29, 0.717) is 12.1 Å². The molecule has 1 aliphatic carbocycles. The van der Waals surface area contributed by atoms with Crippen molar-refractivity contribution < 1.29 is 4.79 Å². The molecule has 0 unspecified atom stereocenters. The summed E-state index contributed by atoms with van der Waals surface area (Å²) < 4.78 is 0. The van der Waals surface area contributed by atoms with E-state index in [0.717, 1.165) is 19.3 Å². The van der Waals surface area contributed by atoms with Crippen molar-refractivity contribution in [2.24, 2.45) is 5.41 Å². The summed E-state index contributed by atoms with van der Waals surface area (Å²) in [4.78, 5) is 26.1. The lowest BCUT2D eigenvalue weighted by molar-refractivity contribution is 0.0929. The number of aromatic nitrogens is 1. The van der Waals surface area contributed by atoms with Gasteiger partial charge in [0.05, 0.1) is 0 Å². The number of aromatic amines is 1.